The fraction of sp³-hybridized carbons (Fsp3) is 0.214. The van der Waals surface area contributed by atoms with Crippen molar-refractivity contribution in [3.8, 4) is 11.1 Å². The second-order valence-electron chi connectivity index (χ2n) is 7.90. The first kappa shape index (κ1) is 33.1. The molecule has 0 saturated carbocycles. The molecule has 2 aliphatic rings. The van der Waals surface area contributed by atoms with E-state index < -0.39 is 0 Å². The normalized spacial score (nSPS) is 17.9. The number of aliphatic imine (C=N–C) groups is 2. The topological polar surface area (TPSA) is 24.7 Å². The average molecular weight is 863 g/mol. The summed E-state index contributed by atoms with van der Waals surface area (Å²) in [7, 11) is 0. The molecule has 0 spiro atoms. The number of hydrogen-bond donors (Lipinski definition) is 0. The van der Waals surface area contributed by atoms with Crippen molar-refractivity contribution in [1.29, 1.82) is 0 Å². The third-order valence-electron chi connectivity index (χ3n) is 5.57. The summed E-state index contributed by atoms with van der Waals surface area (Å²) in [5.74, 6) is 0.382. The van der Waals surface area contributed by atoms with Crippen LogP contribution in [-0.2, 0) is 55.3 Å². The van der Waals surface area contributed by atoms with Crippen molar-refractivity contribution in [2.75, 3.05) is 0 Å². The predicted octanol–water partition coefficient (Wildman–Crippen LogP) is 1.25. The Morgan fingerprint density at radius 1 is 0.794 bits per heavy atom. The zero-order valence-corrected chi connectivity index (χ0v) is 32.7. The molecular weight excluding hydrogens is 836 g/mol. The van der Waals surface area contributed by atoms with Gasteiger partial charge in [-0.05, 0) is 74.2 Å². The molecule has 34 heavy (non-hydrogen) atoms. The van der Waals surface area contributed by atoms with Crippen molar-refractivity contribution in [3.63, 3.8) is 0 Å². The Kier molecular flexibility index (Phi) is 14.9. The maximum atomic E-state index is 4.83. The van der Waals surface area contributed by atoms with Crippen molar-refractivity contribution >= 4 is 22.8 Å². The van der Waals surface area contributed by atoms with Crippen LogP contribution in [0.5, 0.6) is 0 Å². The molecule has 0 N–H and O–H groups in total. The van der Waals surface area contributed by atoms with E-state index in [9.17, 15) is 0 Å². The minimum absolute atomic E-state index is 0. The molecule has 0 bridgehead atoms. The first-order chi connectivity index (χ1) is 14.5. The van der Waals surface area contributed by atoms with Crippen LogP contribution < -0.4 is 24.8 Å². The number of hydrogen-bond acceptors (Lipinski definition) is 2. The second-order valence-corrected chi connectivity index (χ2v) is 7.90. The number of nitrogens with zero attached hydrogens (tertiary/aromatic N) is 2. The van der Waals surface area contributed by atoms with E-state index in [0.29, 0.717) is 0 Å². The largest absolute Gasteiger partial charge is 1.00 e. The van der Waals surface area contributed by atoms with E-state index in [1.54, 1.807) is 0 Å². The van der Waals surface area contributed by atoms with Gasteiger partial charge in [0.15, 0.2) is 12.0 Å². The van der Waals surface area contributed by atoms with Crippen molar-refractivity contribution in [2.24, 2.45) is 21.8 Å². The van der Waals surface area contributed by atoms with E-state index in [1.807, 2.05) is 24.3 Å². The van der Waals surface area contributed by atoms with E-state index in [0.717, 1.165) is 22.8 Å². The SMILES string of the molecule is CC(=Nc1ccc(-c2ccc(N=C(C)C3[C-]=CC=C3)c(C)c2)cc1C)C1[C+]=CC=C1.[Cl-].[Cl-].[Hg+].[Hg+]. The molecule has 2 nitrogen and oxygen atoms in total. The fourth-order valence-corrected chi connectivity index (χ4v) is 3.72. The molecule has 2 atom stereocenters. The minimum atomic E-state index is 0. The Balaban J connectivity index is 0.00000272. The van der Waals surface area contributed by atoms with Crippen LogP contribution in [0.3, 0.4) is 0 Å². The number of allylic oxidation sites excluding steroid dienone is 8. The molecule has 6 heteroatoms. The number of halogens is 2. The second kappa shape index (κ2) is 15.3. The van der Waals surface area contributed by atoms with Crippen LogP contribution in [0.15, 0.2) is 82.8 Å². The van der Waals surface area contributed by atoms with Crippen molar-refractivity contribution in [1.82, 2.24) is 0 Å². The van der Waals surface area contributed by atoms with Crippen molar-refractivity contribution in [2.45, 2.75) is 27.7 Å². The summed E-state index contributed by atoms with van der Waals surface area (Å²) in [4.78, 5) is 9.66. The molecule has 2 radical (unpaired) electrons. The Morgan fingerprint density at radius 2 is 1.35 bits per heavy atom. The van der Waals surface area contributed by atoms with Gasteiger partial charge in [0.25, 0.3) is 0 Å². The number of benzene rings is 2. The third kappa shape index (κ3) is 8.07. The molecule has 0 amide bonds. The van der Waals surface area contributed by atoms with E-state index in [2.05, 4.69) is 88.4 Å². The monoisotopic (exact) mass is 864 g/mol. The van der Waals surface area contributed by atoms with Crippen LogP contribution in [0, 0.1) is 37.8 Å². The van der Waals surface area contributed by atoms with Gasteiger partial charge in [0.05, 0.1) is 29.2 Å². The Morgan fingerprint density at radius 3 is 1.79 bits per heavy atom. The van der Waals surface area contributed by atoms with Gasteiger partial charge in [-0.1, -0.05) is 18.1 Å². The molecule has 0 heterocycles. The first-order valence-corrected chi connectivity index (χ1v) is 10.4. The molecular formula is C28H26Cl2Hg2N2. The zero-order valence-electron chi connectivity index (χ0n) is 20.1. The van der Waals surface area contributed by atoms with Crippen LogP contribution in [0.2, 0.25) is 0 Å². The van der Waals surface area contributed by atoms with Gasteiger partial charge in [-0.2, -0.15) is 6.08 Å². The summed E-state index contributed by atoms with van der Waals surface area (Å²) in [5, 5.41) is 0. The fourth-order valence-electron chi connectivity index (χ4n) is 3.72. The zero-order chi connectivity index (χ0) is 21.1. The third-order valence-corrected chi connectivity index (χ3v) is 5.57. The van der Waals surface area contributed by atoms with E-state index >= 15 is 0 Å². The van der Waals surface area contributed by atoms with Crippen LogP contribution in [0.4, 0.5) is 11.4 Å². The molecule has 2 aliphatic carbocycles. The van der Waals surface area contributed by atoms with E-state index in [4.69, 9.17) is 9.98 Å². The Labute approximate surface area is 257 Å². The first-order valence-electron chi connectivity index (χ1n) is 10.4. The van der Waals surface area contributed by atoms with Crippen molar-refractivity contribution in [3.05, 3.63) is 96.1 Å². The van der Waals surface area contributed by atoms with Gasteiger partial charge in [0.1, 0.15) is 0 Å². The van der Waals surface area contributed by atoms with Gasteiger partial charge >= 0.3 is 55.3 Å². The average Bonchev–Trinajstić information content (AvgIpc) is 3.45. The Bertz CT molecular complexity index is 1050. The molecule has 0 fully saturated rings. The van der Waals surface area contributed by atoms with Gasteiger partial charge in [-0.25, -0.2) is 12.2 Å². The molecule has 0 aromatic heterocycles. The molecule has 2 unspecified atom stereocenters. The van der Waals surface area contributed by atoms with Gasteiger partial charge in [0, 0.05) is 11.8 Å². The summed E-state index contributed by atoms with van der Waals surface area (Å²) >= 11 is 0. The maximum absolute atomic E-state index is 4.83. The maximum Gasteiger partial charge on any atom is 1.00 e. The summed E-state index contributed by atoms with van der Waals surface area (Å²) in [6.45, 7) is 8.36. The quantitative estimate of drug-likeness (QED) is 0.246. The Hall–Kier alpha value is -0.900. The van der Waals surface area contributed by atoms with Crippen LogP contribution >= 0.6 is 0 Å². The molecule has 2 aromatic rings. The predicted molar refractivity (Wildman–Crippen MR) is 128 cm³/mol. The van der Waals surface area contributed by atoms with Crippen molar-refractivity contribution < 1.29 is 80.2 Å². The molecule has 4 rings (SSSR count). The molecule has 0 saturated heterocycles. The van der Waals surface area contributed by atoms with E-state index in [-0.39, 0.29) is 92.0 Å². The summed E-state index contributed by atoms with van der Waals surface area (Å²) in [6, 6.07) is 12.9. The smallest absolute Gasteiger partial charge is 1.00 e. The van der Waals surface area contributed by atoms with Gasteiger partial charge in [-0.3, -0.25) is 16.1 Å². The number of aryl methyl sites for hydroxylation is 2. The van der Waals surface area contributed by atoms with Gasteiger partial charge in [-0.15, -0.1) is 0 Å². The van der Waals surface area contributed by atoms with Gasteiger partial charge < -0.3 is 24.8 Å². The minimum Gasteiger partial charge on any atom is -1.00 e. The summed E-state index contributed by atoms with van der Waals surface area (Å²) in [5.41, 5.74) is 8.89. The summed E-state index contributed by atoms with van der Waals surface area (Å²) in [6.07, 6.45) is 18.8. The van der Waals surface area contributed by atoms with Crippen LogP contribution in [-0.4, -0.2) is 11.4 Å². The van der Waals surface area contributed by atoms with Crippen LogP contribution in [0.25, 0.3) is 11.1 Å². The number of rotatable bonds is 5. The van der Waals surface area contributed by atoms with E-state index in [1.165, 1.54) is 22.3 Å². The molecule has 166 valence electrons. The molecule has 2 aromatic carbocycles. The standard InChI is InChI=1S/C28H26N2.2ClH.2Hg/c1-19-17-25(13-15-27(19)29-21(3)23-9-5-6-10-23)26-14-16-28(20(2)18-26)30-22(4)24-11-7-8-12-24;;;;/h5-9,11,13-18,23-24H,1-4H3;2*1H;;/q;;;2*+1/p-2. The molecule has 0 aliphatic heterocycles. The van der Waals surface area contributed by atoms with Crippen LogP contribution in [0.1, 0.15) is 25.0 Å². The van der Waals surface area contributed by atoms with Gasteiger partial charge in [0.2, 0.25) is 0 Å². The summed E-state index contributed by atoms with van der Waals surface area (Å²) < 4.78 is 0.